The number of nitriles is 2. The van der Waals surface area contributed by atoms with Crippen LogP contribution in [-0.2, 0) is 11.8 Å². The molecule has 0 saturated heterocycles. The Hall–Kier alpha value is -9.84. The minimum absolute atomic E-state index is 0.0728. The van der Waals surface area contributed by atoms with Crippen molar-refractivity contribution in [1.82, 2.24) is 43.6 Å². The highest BCUT2D eigenvalue weighted by Crippen LogP contribution is 2.41. The zero-order valence-corrected chi connectivity index (χ0v) is 42.2. The van der Waals surface area contributed by atoms with Crippen molar-refractivity contribution in [3.8, 4) is 52.0 Å². The Morgan fingerprint density at radius 1 is 0.413 bits per heavy atom. The fourth-order valence-corrected chi connectivity index (χ4v) is 11.1. The van der Waals surface area contributed by atoms with E-state index in [1.165, 1.54) is 5.56 Å². The van der Waals surface area contributed by atoms with Crippen LogP contribution in [0.2, 0.25) is 0 Å². The van der Waals surface area contributed by atoms with Crippen LogP contribution in [0.5, 0.6) is 0 Å². The third-order valence-electron chi connectivity index (χ3n) is 14.4. The molecule has 0 aliphatic carbocycles. The number of fused-ring (bicyclic) bond motifs is 9. The number of nitrogens with zero attached hydrogens (tertiary/aromatic N) is 11. The summed E-state index contributed by atoms with van der Waals surface area (Å²) in [5, 5.41) is 27.1. The van der Waals surface area contributed by atoms with Gasteiger partial charge in [0.05, 0.1) is 67.7 Å². The molecule has 0 aliphatic heterocycles. The summed E-state index contributed by atoms with van der Waals surface area (Å²) in [6.07, 6.45) is 0.470. The summed E-state index contributed by atoms with van der Waals surface area (Å²) >= 11 is 0. The maximum absolute atomic E-state index is 10.2. The highest BCUT2D eigenvalue weighted by atomic mass is 15.1. The molecular formula is C64H47N11. The van der Waals surface area contributed by atoms with Gasteiger partial charge in [-0.25, -0.2) is 29.9 Å². The second kappa shape index (κ2) is 17.2. The SMILES string of the molecule is Cc1nc(C)nc(-c2ccc(C#N)cc2-n2c3ccccc3c3ccc(-n4c5ccccc5c5cc(Cc6nc(C)nc(-c7ccc(C#N)cc7-n7c8ccccc8c8ccc(C(C)(C)C)cc87)n6)ccc54)cc32)n1. The second-order valence-electron chi connectivity index (χ2n) is 20.3. The third kappa shape index (κ3) is 7.47. The number of rotatable bonds is 7. The van der Waals surface area contributed by atoms with Gasteiger partial charge in [-0.05, 0) is 122 Å². The summed E-state index contributed by atoms with van der Waals surface area (Å²) < 4.78 is 6.83. The molecule has 5 heterocycles. The van der Waals surface area contributed by atoms with E-state index in [9.17, 15) is 10.5 Å². The predicted molar refractivity (Wildman–Crippen MR) is 299 cm³/mol. The standard InChI is InChI=1S/C64H47N11/c1-37-67-38(2)70-62(69-37)50-24-19-41(35-65)30-57(50)75-55-18-12-8-14-46(55)49-27-23-44(34-60(49)75)73-53-16-10-9-15-47(53)52-29-40(21-28-56(52)73)32-61-68-39(3)71-63(72-61)51-25-20-42(36-66)31-58(51)74-54-17-11-7-13-45(54)48-26-22-43(33-59(48)74)64(4,5)6/h7-31,33-34H,32H2,1-6H3. The van der Waals surface area contributed by atoms with Gasteiger partial charge in [-0.1, -0.05) is 99.6 Å². The first-order valence-electron chi connectivity index (χ1n) is 25.0. The van der Waals surface area contributed by atoms with Crippen LogP contribution < -0.4 is 0 Å². The van der Waals surface area contributed by atoms with E-state index in [1.807, 2.05) is 63.2 Å². The van der Waals surface area contributed by atoms with Gasteiger partial charge in [0.2, 0.25) is 0 Å². The Morgan fingerprint density at radius 3 is 1.47 bits per heavy atom. The second-order valence-corrected chi connectivity index (χ2v) is 20.3. The lowest BCUT2D eigenvalue weighted by Gasteiger charge is -2.20. The molecule has 11 nitrogen and oxygen atoms in total. The molecule has 75 heavy (non-hydrogen) atoms. The fourth-order valence-electron chi connectivity index (χ4n) is 11.1. The summed E-state index contributed by atoms with van der Waals surface area (Å²) in [4.78, 5) is 29.1. The molecule has 0 atom stereocenters. The lowest BCUT2D eigenvalue weighted by atomic mass is 9.86. The zero-order valence-electron chi connectivity index (χ0n) is 42.2. The number of benzene rings is 8. The molecule has 0 aliphatic rings. The molecule has 0 saturated carbocycles. The molecule has 0 fully saturated rings. The summed E-state index contributed by atoms with van der Waals surface area (Å²) in [6, 6.07) is 61.5. The van der Waals surface area contributed by atoms with Crippen LogP contribution in [0.3, 0.4) is 0 Å². The largest absolute Gasteiger partial charge is 0.309 e. The molecular weight excluding hydrogens is 923 g/mol. The van der Waals surface area contributed by atoms with Crippen molar-refractivity contribution in [2.75, 3.05) is 0 Å². The first kappa shape index (κ1) is 45.1. The van der Waals surface area contributed by atoms with Crippen molar-refractivity contribution in [3.05, 3.63) is 209 Å². The minimum Gasteiger partial charge on any atom is -0.309 e. The van der Waals surface area contributed by atoms with E-state index in [0.717, 1.165) is 99.2 Å². The van der Waals surface area contributed by atoms with Gasteiger partial charge in [-0.15, -0.1) is 0 Å². The maximum Gasteiger partial charge on any atom is 0.165 e. The molecule has 0 radical (unpaired) electrons. The van der Waals surface area contributed by atoms with Gasteiger partial charge in [0.15, 0.2) is 11.6 Å². The summed E-state index contributed by atoms with van der Waals surface area (Å²) in [7, 11) is 0. The average molecular weight is 970 g/mol. The number of aryl methyl sites for hydroxylation is 3. The van der Waals surface area contributed by atoms with Gasteiger partial charge in [-0.2, -0.15) is 10.5 Å². The van der Waals surface area contributed by atoms with Gasteiger partial charge in [-0.3, -0.25) is 0 Å². The molecule has 13 aromatic rings. The normalized spacial score (nSPS) is 11.9. The van der Waals surface area contributed by atoms with Gasteiger partial charge >= 0.3 is 0 Å². The molecule has 0 amide bonds. The van der Waals surface area contributed by atoms with E-state index in [-0.39, 0.29) is 5.41 Å². The summed E-state index contributed by atoms with van der Waals surface area (Å²) in [5.41, 5.74) is 13.7. The highest BCUT2D eigenvalue weighted by Gasteiger charge is 2.24. The average Bonchev–Trinajstić information content (AvgIpc) is 4.16. The van der Waals surface area contributed by atoms with E-state index in [4.69, 9.17) is 24.9 Å². The topological polar surface area (TPSA) is 140 Å². The van der Waals surface area contributed by atoms with Crippen molar-refractivity contribution >= 4 is 65.4 Å². The maximum atomic E-state index is 10.2. The van der Waals surface area contributed by atoms with Crippen molar-refractivity contribution in [3.63, 3.8) is 0 Å². The Kier molecular flexibility index (Phi) is 10.3. The smallest absolute Gasteiger partial charge is 0.165 e. The first-order chi connectivity index (χ1) is 36.4. The van der Waals surface area contributed by atoms with E-state index >= 15 is 0 Å². The monoisotopic (exact) mass is 969 g/mol. The van der Waals surface area contributed by atoms with Crippen LogP contribution in [0.25, 0.3) is 105 Å². The zero-order chi connectivity index (χ0) is 51.3. The van der Waals surface area contributed by atoms with Crippen LogP contribution in [-0.4, -0.2) is 43.6 Å². The highest BCUT2D eigenvalue weighted by molar-refractivity contribution is 6.13. The van der Waals surface area contributed by atoms with E-state index in [1.54, 1.807) is 0 Å². The Bertz CT molecular complexity index is 4610. The van der Waals surface area contributed by atoms with Gasteiger partial charge in [0, 0.05) is 55.6 Å². The Labute approximate surface area is 432 Å². The number of para-hydroxylation sites is 3. The van der Waals surface area contributed by atoms with Crippen molar-refractivity contribution < 1.29 is 0 Å². The quantitative estimate of drug-likeness (QED) is 0.154. The lowest BCUT2D eigenvalue weighted by molar-refractivity contribution is 0.591. The number of hydrogen-bond acceptors (Lipinski definition) is 8. The van der Waals surface area contributed by atoms with Crippen LogP contribution in [0.1, 0.15) is 66.3 Å². The van der Waals surface area contributed by atoms with E-state index < -0.39 is 0 Å². The van der Waals surface area contributed by atoms with Crippen LogP contribution in [0.15, 0.2) is 164 Å². The molecule has 0 bridgehead atoms. The summed E-state index contributed by atoms with van der Waals surface area (Å²) in [5.74, 6) is 3.61. The molecule has 11 heteroatoms. The van der Waals surface area contributed by atoms with Crippen LogP contribution >= 0.6 is 0 Å². The summed E-state index contributed by atoms with van der Waals surface area (Å²) in [6.45, 7) is 12.3. The molecule has 0 unspecified atom stereocenters. The van der Waals surface area contributed by atoms with Gasteiger partial charge in [0.1, 0.15) is 23.3 Å². The van der Waals surface area contributed by atoms with Crippen molar-refractivity contribution in [2.24, 2.45) is 0 Å². The Balaban J connectivity index is 0.934. The Morgan fingerprint density at radius 2 is 0.893 bits per heavy atom. The van der Waals surface area contributed by atoms with Gasteiger partial charge in [0.25, 0.3) is 0 Å². The molecule has 358 valence electrons. The predicted octanol–water partition coefficient (Wildman–Crippen LogP) is 14.2. The molecule has 0 N–H and O–H groups in total. The number of hydrogen-bond donors (Lipinski definition) is 0. The van der Waals surface area contributed by atoms with Crippen molar-refractivity contribution in [1.29, 1.82) is 10.5 Å². The first-order valence-corrected chi connectivity index (χ1v) is 25.0. The van der Waals surface area contributed by atoms with Gasteiger partial charge < -0.3 is 13.7 Å². The molecule has 13 rings (SSSR count). The third-order valence-corrected chi connectivity index (χ3v) is 14.4. The molecule has 5 aromatic heterocycles. The van der Waals surface area contributed by atoms with Crippen molar-refractivity contribution in [2.45, 2.75) is 53.4 Å². The molecule has 8 aromatic carbocycles. The van der Waals surface area contributed by atoms with E-state index in [2.05, 4.69) is 173 Å². The lowest BCUT2D eigenvalue weighted by Crippen LogP contribution is -2.11. The van der Waals surface area contributed by atoms with E-state index in [0.29, 0.717) is 52.5 Å². The number of aromatic nitrogens is 9. The van der Waals surface area contributed by atoms with Crippen LogP contribution in [0, 0.1) is 43.4 Å². The minimum atomic E-state index is -0.0728. The fraction of sp³-hybridized carbons (Fsp3) is 0.125. The molecule has 0 spiro atoms. The van der Waals surface area contributed by atoms with Crippen LogP contribution in [0.4, 0.5) is 0 Å².